The third kappa shape index (κ3) is 2.60. The number of rotatable bonds is 3. The van der Waals surface area contributed by atoms with E-state index in [2.05, 4.69) is 4.98 Å². The molecule has 1 heterocycles. The van der Waals surface area contributed by atoms with Crippen molar-refractivity contribution in [3.8, 4) is 0 Å². The summed E-state index contributed by atoms with van der Waals surface area (Å²) in [7, 11) is 0. The van der Waals surface area contributed by atoms with E-state index in [1.165, 1.54) is 4.88 Å². The van der Waals surface area contributed by atoms with Crippen molar-refractivity contribution in [3.05, 3.63) is 50.7 Å². The van der Waals surface area contributed by atoms with Gasteiger partial charge in [-0.1, -0.05) is 18.2 Å². The topological polar surface area (TPSA) is 38.9 Å². The number of hydrogen-bond donors (Lipinski definition) is 1. The zero-order chi connectivity index (χ0) is 13.3. The highest BCUT2D eigenvalue weighted by atomic mass is 32.1. The fourth-order valence-electron chi connectivity index (χ4n) is 1.88. The lowest BCUT2D eigenvalue weighted by molar-refractivity contribution is 0.572. The summed E-state index contributed by atoms with van der Waals surface area (Å²) < 4.78 is 13.9. The summed E-state index contributed by atoms with van der Waals surface area (Å²) in [6.45, 7) is 5.77. The van der Waals surface area contributed by atoms with Crippen molar-refractivity contribution in [2.75, 3.05) is 0 Å². The molecule has 0 aliphatic carbocycles. The van der Waals surface area contributed by atoms with E-state index in [1.807, 2.05) is 19.9 Å². The third-order valence-corrected chi connectivity index (χ3v) is 4.18. The number of nitrogens with two attached hydrogens (primary N) is 1. The molecule has 2 N–H and O–H groups in total. The van der Waals surface area contributed by atoms with Crippen molar-refractivity contribution in [1.29, 1.82) is 0 Å². The lowest BCUT2D eigenvalue weighted by Gasteiger charge is -2.12. The Bertz CT molecular complexity index is 543. The summed E-state index contributed by atoms with van der Waals surface area (Å²) in [6.07, 6.45) is 0.583. The van der Waals surface area contributed by atoms with Gasteiger partial charge in [-0.3, -0.25) is 0 Å². The highest BCUT2D eigenvalue weighted by molar-refractivity contribution is 7.11. The third-order valence-electron chi connectivity index (χ3n) is 3.09. The van der Waals surface area contributed by atoms with Crippen LogP contribution in [0, 0.1) is 26.6 Å². The van der Waals surface area contributed by atoms with Gasteiger partial charge in [0.1, 0.15) is 5.82 Å². The predicted molar refractivity (Wildman–Crippen MR) is 73.4 cm³/mol. The highest BCUT2D eigenvalue weighted by Gasteiger charge is 2.15. The monoisotopic (exact) mass is 264 g/mol. The molecule has 2 aromatic rings. The summed E-state index contributed by atoms with van der Waals surface area (Å²) in [4.78, 5) is 5.64. The molecule has 2 nitrogen and oxygen atoms in total. The van der Waals surface area contributed by atoms with Gasteiger partial charge < -0.3 is 5.73 Å². The Morgan fingerprint density at radius 1 is 1.33 bits per heavy atom. The van der Waals surface area contributed by atoms with Crippen LogP contribution in [0.5, 0.6) is 0 Å². The maximum Gasteiger partial charge on any atom is 0.130 e. The van der Waals surface area contributed by atoms with E-state index in [0.717, 1.165) is 10.7 Å². The van der Waals surface area contributed by atoms with Crippen molar-refractivity contribution in [2.24, 2.45) is 5.73 Å². The zero-order valence-corrected chi connectivity index (χ0v) is 11.6. The normalized spacial score (nSPS) is 12.7. The lowest BCUT2D eigenvalue weighted by atomic mass is 10.0. The molecule has 4 heteroatoms. The Morgan fingerprint density at radius 2 is 2.06 bits per heavy atom. The molecule has 0 saturated carbocycles. The molecule has 1 atom stereocenters. The molecule has 0 bridgehead atoms. The van der Waals surface area contributed by atoms with Gasteiger partial charge in [-0.15, -0.1) is 11.3 Å². The van der Waals surface area contributed by atoms with E-state index in [9.17, 15) is 4.39 Å². The average molecular weight is 264 g/mol. The van der Waals surface area contributed by atoms with Crippen LogP contribution in [0.3, 0.4) is 0 Å². The van der Waals surface area contributed by atoms with Gasteiger partial charge in [-0.05, 0) is 26.3 Å². The minimum Gasteiger partial charge on any atom is -0.324 e. The largest absolute Gasteiger partial charge is 0.324 e. The van der Waals surface area contributed by atoms with Gasteiger partial charge in [0.2, 0.25) is 0 Å². The number of nitrogens with zero attached hydrogens (tertiary/aromatic N) is 1. The molecular formula is C14H17FN2S. The molecule has 96 valence electrons. The van der Waals surface area contributed by atoms with Crippen LogP contribution in [0.15, 0.2) is 18.2 Å². The second kappa shape index (κ2) is 5.16. The average Bonchev–Trinajstić information content (AvgIpc) is 2.61. The summed E-state index contributed by atoms with van der Waals surface area (Å²) in [6, 6.07) is 5.00. The molecule has 1 unspecified atom stereocenters. The summed E-state index contributed by atoms with van der Waals surface area (Å²) >= 11 is 1.63. The lowest BCUT2D eigenvalue weighted by Crippen LogP contribution is -2.15. The molecule has 0 saturated heterocycles. The quantitative estimate of drug-likeness (QED) is 0.922. The van der Waals surface area contributed by atoms with Crippen molar-refractivity contribution in [2.45, 2.75) is 33.2 Å². The van der Waals surface area contributed by atoms with Crippen molar-refractivity contribution in [3.63, 3.8) is 0 Å². The van der Waals surface area contributed by atoms with E-state index in [0.29, 0.717) is 17.5 Å². The number of hydrogen-bond acceptors (Lipinski definition) is 3. The van der Waals surface area contributed by atoms with Crippen LogP contribution in [0.2, 0.25) is 0 Å². The van der Waals surface area contributed by atoms with Gasteiger partial charge in [0, 0.05) is 22.9 Å². The molecule has 1 aromatic carbocycles. The van der Waals surface area contributed by atoms with E-state index in [1.54, 1.807) is 30.4 Å². The molecule has 1 aromatic heterocycles. The molecule has 2 rings (SSSR count). The van der Waals surface area contributed by atoms with E-state index in [-0.39, 0.29) is 11.9 Å². The Morgan fingerprint density at radius 3 is 2.67 bits per heavy atom. The molecule has 0 radical (unpaired) electrons. The standard InChI is InChI=1S/C14H17FN2S/c1-8-5-4-6-11(14(8)15)12(16)7-13-17-9(2)10(3)18-13/h4-6,12H,7,16H2,1-3H3. The second-order valence-corrected chi connectivity index (χ2v) is 5.83. The zero-order valence-electron chi connectivity index (χ0n) is 10.8. The number of aryl methyl sites for hydroxylation is 3. The van der Waals surface area contributed by atoms with Crippen LogP contribution in [-0.2, 0) is 6.42 Å². The summed E-state index contributed by atoms with van der Waals surface area (Å²) in [5.41, 5.74) is 8.32. The van der Waals surface area contributed by atoms with Gasteiger partial charge in [0.05, 0.1) is 10.7 Å². The molecule has 18 heavy (non-hydrogen) atoms. The van der Waals surface area contributed by atoms with Crippen LogP contribution in [0.1, 0.15) is 32.7 Å². The molecule has 0 aliphatic rings. The maximum absolute atomic E-state index is 13.9. The first-order chi connectivity index (χ1) is 8.49. The predicted octanol–water partition coefficient (Wildman–Crippen LogP) is 3.45. The van der Waals surface area contributed by atoms with Crippen LogP contribution in [-0.4, -0.2) is 4.98 Å². The summed E-state index contributed by atoms with van der Waals surface area (Å²) in [5, 5.41) is 0.971. The number of thiazole rings is 1. The second-order valence-electron chi connectivity index (χ2n) is 4.54. The van der Waals surface area contributed by atoms with Gasteiger partial charge in [-0.25, -0.2) is 9.37 Å². The van der Waals surface area contributed by atoms with Crippen molar-refractivity contribution < 1.29 is 4.39 Å². The van der Waals surface area contributed by atoms with Crippen molar-refractivity contribution >= 4 is 11.3 Å². The van der Waals surface area contributed by atoms with E-state index in [4.69, 9.17) is 5.73 Å². The Hall–Kier alpha value is -1.26. The number of aromatic nitrogens is 1. The first kappa shape index (κ1) is 13.2. The van der Waals surface area contributed by atoms with E-state index < -0.39 is 0 Å². The molecule has 0 aliphatic heterocycles. The highest BCUT2D eigenvalue weighted by Crippen LogP contribution is 2.24. The smallest absolute Gasteiger partial charge is 0.130 e. The van der Waals surface area contributed by atoms with Gasteiger partial charge >= 0.3 is 0 Å². The number of halogens is 1. The van der Waals surface area contributed by atoms with Gasteiger partial charge in [-0.2, -0.15) is 0 Å². The molecular weight excluding hydrogens is 247 g/mol. The Kier molecular flexibility index (Phi) is 3.78. The van der Waals surface area contributed by atoms with Crippen molar-refractivity contribution in [1.82, 2.24) is 4.98 Å². The molecule has 0 amide bonds. The summed E-state index contributed by atoms with van der Waals surface area (Å²) in [5.74, 6) is -0.199. The Balaban J connectivity index is 2.21. The van der Waals surface area contributed by atoms with Crippen LogP contribution < -0.4 is 5.73 Å². The van der Waals surface area contributed by atoms with Crippen LogP contribution in [0.4, 0.5) is 4.39 Å². The number of benzene rings is 1. The van der Waals surface area contributed by atoms with E-state index >= 15 is 0 Å². The molecule has 0 fully saturated rings. The Labute approximate surface area is 111 Å². The first-order valence-corrected chi connectivity index (χ1v) is 6.74. The van der Waals surface area contributed by atoms with Crippen LogP contribution >= 0.6 is 11.3 Å². The fourth-order valence-corrected chi connectivity index (χ4v) is 2.87. The minimum atomic E-state index is -0.338. The minimum absolute atomic E-state index is 0.199. The van der Waals surface area contributed by atoms with Crippen LogP contribution in [0.25, 0.3) is 0 Å². The molecule has 0 spiro atoms. The first-order valence-electron chi connectivity index (χ1n) is 5.92. The van der Waals surface area contributed by atoms with Gasteiger partial charge in [0.25, 0.3) is 0 Å². The maximum atomic E-state index is 13.9. The van der Waals surface area contributed by atoms with Gasteiger partial charge in [0.15, 0.2) is 0 Å². The SMILES string of the molecule is Cc1cccc(C(N)Cc2nc(C)c(C)s2)c1F. The fraction of sp³-hybridized carbons (Fsp3) is 0.357.